The molecule has 1 aromatic carbocycles. The molecule has 0 bridgehead atoms. The van der Waals surface area contributed by atoms with Gasteiger partial charge in [-0.25, -0.2) is 4.79 Å². The first kappa shape index (κ1) is 14.3. The summed E-state index contributed by atoms with van der Waals surface area (Å²) in [5.74, 6) is -0.983. The summed E-state index contributed by atoms with van der Waals surface area (Å²) < 4.78 is 6.35. The van der Waals surface area contributed by atoms with Crippen molar-refractivity contribution in [3.8, 4) is 0 Å². The van der Waals surface area contributed by atoms with Crippen molar-refractivity contribution in [3.63, 3.8) is 0 Å². The van der Waals surface area contributed by atoms with Gasteiger partial charge in [-0.15, -0.1) is 0 Å². The van der Waals surface area contributed by atoms with Crippen molar-refractivity contribution in [2.24, 2.45) is 0 Å². The average Bonchev–Trinajstić information content (AvgIpc) is 2.48. The number of aromatic nitrogens is 1. The highest BCUT2D eigenvalue weighted by atomic mass is 79.9. The fourth-order valence-electron chi connectivity index (χ4n) is 2.54. The van der Waals surface area contributed by atoms with Crippen LogP contribution in [-0.4, -0.2) is 35.3 Å². The van der Waals surface area contributed by atoms with Crippen LogP contribution in [0.5, 0.6) is 0 Å². The lowest BCUT2D eigenvalue weighted by atomic mass is 10.1. The molecule has 5 nitrogen and oxygen atoms in total. The first-order valence-electron chi connectivity index (χ1n) is 6.81. The molecule has 1 atom stereocenters. The highest BCUT2D eigenvalue weighted by molar-refractivity contribution is 9.10. The standard InChI is InChI=1S/C15H15BrN2O3/c16-9-3-4-13-11(6-9)14(12(7-17-13)15(19)20)18-10-2-1-5-21-8-10/h3-4,6-7,10H,1-2,5,8H2,(H,17,18)(H,19,20)/t10-/m0/s1. The molecule has 1 aliphatic heterocycles. The number of hydrogen-bond acceptors (Lipinski definition) is 4. The number of halogens is 1. The summed E-state index contributed by atoms with van der Waals surface area (Å²) >= 11 is 3.43. The van der Waals surface area contributed by atoms with E-state index in [1.54, 1.807) is 0 Å². The van der Waals surface area contributed by atoms with Gasteiger partial charge in [-0.1, -0.05) is 15.9 Å². The number of nitrogens with one attached hydrogen (secondary N) is 1. The summed E-state index contributed by atoms with van der Waals surface area (Å²) in [6.07, 6.45) is 3.36. The Labute approximate surface area is 130 Å². The number of ether oxygens (including phenoxy) is 1. The number of carboxylic acid groups (broad SMARTS) is 1. The molecule has 6 heteroatoms. The minimum absolute atomic E-state index is 0.126. The number of benzene rings is 1. The zero-order valence-corrected chi connectivity index (χ0v) is 12.9. The lowest BCUT2D eigenvalue weighted by Gasteiger charge is -2.25. The van der Waals surface area contributed by atoms with Crippen molar-refractivity contribution >= 4 is 38.5 Å². The summed E-state index contributed by atoms with van der Waals surface area (Å²) in [5, 5.41) is 13.5. The van der Waals surface area contributed by atoms with E-state index in [2.05, 4.69) is 26.2 Å². The molecule has 1 fully saturated rings. The van der Waals surface area contributed by atoms with Crippen LogP contribution in [0.2, 0.25) is 0 Å². The molecule has 0 aliphatic carbocycles. The third-order valence-corrected chi connectivity index (χ3v) is 4.06. The van der Waals surface area contributed by atoms with Gasteiger partial charge in [0.25, 0.3) is 0 Å². The molecule has 0 spiro atoms. The Morgan fingerprint density at radius 3 is 3.05 bits per heavy atom. The number of pyridine rings is 1. The van der Waals surface area contributed by atoms with Gasteiger partial charge in [-0.3, -0.25) is 4.98 Å². The van der Waals surface area contributed by atoms with E-state index in [4.69, 9.17) is 4.74 Å². The highest BCUT2D eigenvalue weighted by Gasteiger charge is 2.20. The number of carboxylic acids is 1. The minimum Gasteiger partial charge on any atom is -0.478 e. The number of rotatable bonds is 3. The Balaban J connectivity index is 2.08. The van der Waals surface area contributed by atoms with E-state index >= 15 is 0 Å². The van der Waals surface area contributed by atoms with Gasteiger partial charge in [0.05, 0.1) is 17.8 Å². The summed E-state index contributed by atoms with van der Waals surface area (Å²) in [7, 11) is 0. The smallest absolute Gasteiger partial charge is 0.339 e. The van der Waals surface area contributed by atoms with Gasteiger partial charge in [0.1, 0.15) is 5.56 Å². The summed E-state index contributed by atoms with van der Waals surface area (Å²) in [6.45, 7) is 1.36. The van der Waals surface area contributed by atoms with E-state index < -0.39 is 5.97 Å². The van der Waals surface area contributed by atoms with Crippen molar-refractivity contribution in [1.29, 1.82) is 0 Å². The molecule has 0 unspecified atom stereocenters. The van der Waals surface area contributed by atoms with Gasteiger partial charge in [0, 0.05) is 28.7 Å². The minimum atomic E-state index is -0.983. The van der Waals surface area contributed by atoms with Gasteiger partial charge in [-0.05, 0) is 31.0 Å². The fourth-order valence-corrected chi connectivity index (χ4v) is 2.90. The third kappa shape index (κ3) is 3.01. The van der Waals surface area contributed by atoms with Crippen LogP contribution in [0.1, 0.15) is 23.2 Å². The van der Waals surface area contributed by atoms with Crippen LogP contribution < -0.4 is 5.32 Å². The molecule has 0 saturated carbocycles. The number of aromatic carboxylic acids is 1. The topological polar surface area (TPSA) is 71.5 Å². The predicted molar refractivity (Wildman–Crippen MR) is 83.9 cm³/mol. The molecule has 21 heavy (non-hydrogen) atoms. The Hall–Kier alpha value is -1.66. The monoisotopic (exact) mass is 350 g/mol. The van der Waals surface area contributed by atoms with Crippen LogP contribution in [0.4, 0.5) is 5.69 Å². The van der Waals surface area contributed by atoms with Gasteiger partial charge in [0.2, 0.25) is 0 Å². The van der Waals surface area contributed by atoms with E-state index in [1.165, 1.54) is 6.20 Å². The normalized spacial score (nSPS) is 18.6. The predicted octanol–water partition coefficient (Wildman–Crippen LogP) is 3.29. The van der Waals surface area contributed by atoms with Crippen molar-refractivity contribution in [2.45, 2.75) is 18.9 Å². The first-order chi connectivity index (χ1) is 10.1. The van der Waals surface area contributed by atoms with Crippen molar-refractivity contribution in [1.82, 2.24) is 4.98 Å². The highest BCUT2D eigenvalue weighted by Crippen LogP contribution is 2.30. The lowest BCUT2D eigenvalue weighted by molar-refractivity contribution is 0.0696. The van der Waals surface area contributed by atoms with Gasteiger partial charge >= 0.3 is 5.97 Å². The van der Waals surface area contributed by atoms with Crippen LogP contribution in [-0.2, 0) is 4.74 Å². The molecule has 3 rings (SSSR count). The third-order valence-electron chi connectivity index (χ3n) is 3.57. The number of carbonyl (C=O) groups is 1. The molecule has 1 saturated heterocycles. The van der Waals surface area contributed by atoms with Crippen molar-refractivity contribution in [2.75, 3.05) is 18.5 Å². The Morgan fingerprint density at radius 1 is 1.48 bits per heavy atom. The quantitative estimate of drug-likeness (QED) is 0.888. The number of fused-ring (bicyclic) bond motifs is 1. The second-order valence-electron chi connectivity index (χ2n) is 5.07. The summed E-state index contributed by atoms with van der Waals surface area (Å²) in [4.78, 5) is 15.7. The summed E-state index contributed by atoms with van der Waals surface area (Å²) in [5.41, 5.74) is 1.57. The fraction of sp³-hybridized carbons (Fsp3) is 0.333. The lowest BCUT2D eigenvalue weighted by Crippen LogP contribution is -2.30. The maximum atomic E-state index is 11.5. The van der Waals surface area contributed by atoms with Gasteiger partial charge in [0.15, 0.2) is 0 Å². The molecule has 1 aromatic heterocycles. The molecule has 1 aliphatic rings. The molecular formula is C15H15BrN2O3. The van der Waals surface area contributed by atoms with Crippen LogP contribution in [0.15, 0.2) is 28.9 Å². The Bertz CT molecular complexity index is 684. The molecule has 2 N–H and O–H groups in total. The zero-order valence-electron chi connectivity index (χ0n) is 11.3. The number of anilines is 1. The van der Waals surface area contributed by atoms with Gasteiger partial charge < -0.3 is 15.2 Å². The molecular weight excluding hydrogens is 336 g/mol. The van der Waals surface area contributed by atoms with Crippen LogP contribution >= 0.6 is 15.9 Å². The SMILES string of the molecule is O=C(O)c1cnc2ccc(Br)cc2c1N[C@H]1CCCOC1. The van der Waals surface area contributed by atoms with E-state index in [0.29, 0.717) is 12.3 Å². The molecule has 0 amide bonds. The summed E-state index contributed by atoms with van der Waals surface area (Å²) in [6, 6.07) is 5.78. The van der Waals surface area contributed by atoms with Crippen LogP contribution in [0.25, 0.3) is 10.9 Å². The largest absolute Gasteiger partial charge is 0.478 e. The van der Waals surface area contributed by atoms with Gasteiger partial charge in [-0.2, -0.15) is 0 Å². The Morgan fingerprint density at radius 2 is 2.33 bits per heavy atom. The molecule has 2 aromatic rings. The van der Waals surface area contributed by atoms with E-state index in [0.717, 1.165) is 34.8 Å². The second-order valence-corrected chi connectivity index (χ2v) is 5.99. The number of nitrogens with zero attached hydrogens (tertiary/aromatic N) is 1. The molecule has 2 heterocycles. The second kappa shape index (κ2) is 5.99. The molecule has 0 radical (unpaired) electrons. The van der Waals surface area contributed by atoms with E-state index in [1.807, 2.05) is 18.2 Å². The van der Waals surface area contributed by atoms with Crippen LogP contribution in [0.3, 0.4) is 0 Å². The Kier molecular flexibility index (Phi) is 4.07. The zero-order chi connectivity index (χ0) is 14.8. The van der Waals surface area contributed by atoms with Crippen molar-refractivity contribution < 1.29 is 14.6 Å². The first-order valence-corrected chi connectivity index (χ1v) is 7.60. The maximum Gasteiger partial charge on any atom is 0.339 e. The van der Waals surface area contributed by atoms with Crippen LogP contribution in [0, 0.1) is 0 Å². The van der Waals surface area contributed by atoms with Crippen molar-refractivity contribution in [3.05, 3.63) is 34.4 Å². The van der Waals surface area contributed by atoms with E-state index in [-0.39, 0.29) is 11.6 Å². The molecule has 110 valence electrons. The average molecular weight is 351 g/mol. The number of hydrogen-bond donors (Lipinski definition) is 2. The maximum absolute atomic E-state index is 11.5. The van der Waals surface area contributed by atoms with E-state index in [9.17, 15) is 9.90 Å².